The molecule has 10 heavy (non-hydrogen) atoms. The molecular weight excluding hydrogens is 126 g/mol. The molecule has 2 heteroatoms. The molecule has 0 saturated carbocycles. The molecule has 0 atom stereocenters. The quantitative estimate of drug-likeness (QED) is 0.598. The van der Waals surface area contributed by atoms with E-state index in [1.165, 1.54) is 0 Å². The van der Waals surface area contributed by atoms with Gasteiger partial charge in [-0.3, -0.25) is 10.3 Å². The molecule has 0 heterocycles. The predicted octanol–water partition coefficient (Wildman–Crippen LogP) is 2.23. The van der Waals surface area contributed by atoms with Gasteiger partial charge in [0.15, 0.2) is 0 Å². The number of hydroxylamine groups is 1. The highest BCUT2D eigenvalue weighted by atomic mass is 16.7. The molecule has 60 valence electrons. The van der Waals surface area contributed by atoms with Crippen LogP contribution < -0.4 is 5.48 Å². The Hall–Kier alpha value is -0.500. The van der Waals surface area contributed by atoms with Crippen LogP contribution in [0.2, 0.25) is 0 Å². The van der Waals surface area contributed by atoms with E-state index in [0.717, 1.165) is 5.70 Å². The minimum Gasteiger partial charge on any atom is -0.271 e. The molecule has 2 nitrogen and oxygen atoms in total. The van der Waals surface area contributed by atoms with E-state index in [9.17, 15) is 0 Å². The molecule has 0 aliphatic heterocycles. The van der Waals surface area contributed by atoms with E-state index in [0.29, 0.717) is 0 Å². The average molecular weight is 143 g/mol. The van der Waals surface area contributed by atoms with Crippen molar-refractivity contribution in [2.24, 2.45) is 0 Å². The summed E-state index contributed by atoms with van der Waals surface area (Å²) in [5, 5.41) is 0. The summed E-state index contributed by atoms with van der Waals surface area (Å²) in [6.07, 6.45) is 1.96. The molecule has 0 amide bonds. The van der Waals surface area contributed by atoms with Gasteiger partial charge in [0.05, 0.1) is 5.60 Å². The molecule has 0 saturated heterocycles. The molecular formula is C8H17NO. The lowest BCUT2D eigenvalue weighted by Gasteiger charge is -2.19. The molecule has 0 unspecified atom stereocenters. The van der Waals surface area contributed by atoms with Crippen molar-refractivity contribution in [1.82, 2.24) is 5.48 Å². The van der Waals surface area contributed by atoms with E-state index < -0.39 is 0 Å². The molecule has 0 fully saturated rings. The highest BCUT2D eigenvalue weighted by Gasteiger charge is 2.09. The minimum atomic E-state index is -0.121. The zero-order chi connectivity index (χ0) is 8.20. The van der Waals surface area contributed by atoms with Gasteiger partial charge in [-0.2, -0.15) is 0 Å². The van der Waals surface area contributed by atoms with Crippen LogP contribution in [0, 0.1) is 0 Å². The van der Waals surface area contributed by atoms with Crippen LogP contribution in [0.4, 0.5) is 0 Å². The summed E-state index contributed by atoms with van der Waals surface area (Å²) in [5.41, 5.74) is 3.75. The lowest BCUT2D eigenvalue weighted by molar-refractivity contribution is -0.0577. The maximum Gasteiger partial charge on any atom is 0.0876 e. The summed E-state index contributed by atoms with van der Waals surface area (Å²) in [4.78, 5) is 5.26. The zero-order valence-corrected chi connectivity index (χ0v) is 7.49. The number of allylic oxidation sites excluding steroid dienone is 2. The van der Waals surface area contributed by atoms with E-state index in [1.54, 1.807) is 0 Å². The predicted molar refractivity (Wildman–Crippen MR) is 43.4 cm³/mol. The number of hydrogen-bond donors (Lipinski definition) is 1. The maximum atomic E-state index is 5.26. The summed E-state index contributed by atoms with van der Waals surface area (Å²) in [6, 6.07) is 0. The van der Waals surface area contributed by atoms with Gasteiger partial charge >= 0.3 is 0 Å². The molecule has 0 radical (unpaired) electrons. The Labute approximate surface area is 63.2 Å². The molecule has 0 aromatic carbocycles. The number of hydrogen-bond acceptors (Lipinski definition) is 2. The first-order chi connectivity index (χ1) is 4.45. The summed E-state index contributed by atoms with van der Waals surface area (Å²) < 4.78 is 0. The van der Waals surface area contributed by atoms with Crippen molar-refractivity contribution in [1.29, 1.82) is 0 Å². The molecule has 0 bridgehead atoms. The Bertz CT molecular complexity index is 122. The first-order valence-electron chi connectivity index (χ1n) is 3.52. The molecule has 0 aromatic heterocycles. The summed E-state index contributed by atoms with van der Waals surface area (Å²) in [6.45, 7) is 9.94. The van der Waals surface area contributed by atoms with Crippen LogP contribution in [0.15, 0.2) is 11.8 Å². The summed E-state index contributed by atoms with van der Waals surface area (Å²) in [5.74, 6) is 0. The zero-order valence-electron chi connectivity index (χ0n) is 7.49. The fourth-order valence-corrected chi connectivity index (χ4v) is 0.293. The van der Waals surface area contributed by atoms with Crippen LogP contribution in [0.25, 0.3) is 0 Å². The first kappa shape index (κ1) is 9.50. The monoisotopic (exact) mass is 143 g/mol. The summed E-state index contributed by atoms with van der Waals surface area (Å²) >= 11 is 0. The second kappa shape index (κ2) is 3.62. The van der Waals surface area contributed by atoms with Crippen molar-refractivity contribution in [2.75, 3.05) is 0 Å². The fourth-order valence-electron chi connectivity index (χ4n) is 0.293. The van der Waals surface area contributed by atoms with Gasteiger partial charge in [0.25, 0.3) is 0 Å². The van der Waals surface area contributed by atoms with Crippen LogP contribution in [-0.4, -0.2) is 5.60 Å². The van der Waals surface area contributed by atoms with Crippen LogP contribution in [-0.2, 0) is 4.84 Å². The third-order valence-electron chi connectivity index (χ3n) is 0.951. The van der Waals surface area contributed by atoms with Crippen LogP contribution in [0.5, 0.6) is 0 Å². The molecule has 0 spiro atoms. The van der Waals surface area contributed by atoms with Crippen LogP contribution in [0.3, 0.4) is 0 Å². The van der Waals surface area contributed by atoms with Crippen molar-refractivity contribution in [2.45, 2.75) is 40.2 Å². The Kier molecular flexibility index (Phi) is 3.43. The largest absolute Gasteiger partial charge is 0.271 e. The lowest BCUT2D eigenvalue weighted by Crippen LogP contribution is -2.27. The highest BCUT2D eigenvalue weighted by molar-refractivity contribution is 4.89. The van der Waals surface area contributed by atoms with Crippen molar-refractivity contribution in [3.63, 3.8) is 0 Å². The van der Waals surface area contributed by atoms with Gasteiger partial charge < -0.3 is 0 Å². The van der Waals surface area contributed by atoms with Crippen molar-refractivity contribution >= 4 is 0 Å². The van der Waals surface area contributed by atoms with E-state index in [1.807, 2.05) is 40.7 Å². The number of nitrogens with one attached hydrogen (secondary N) is 1. The van der Waals surface area contributed by atoms with E-state index in [2.05, 4.69) is 5.48 Å². The Balaban J connectivity index is 3.56. The highest BCUT2D eigenvalue weighted by Crippen LogP contribution is 2.04. The second-order valence-electron chi connectivity index (χ2n) is 3.29. The van der Waals surface area contributed by atoms with Gasteiger partial charge in [-0.15, -0.1) is 0 Å². The van der Waals surface area contributed by atoms with Gasteiger partial charge in [-0.05, 0) is 34.6 Å². The third kappa shape index (κ3) is 5.63. The smallest absolute Gasteiger partial charge is 0.0876 e. The second-order valence-corrected chi connectivity index (χ2v) is 3.29. The van der Waals surface area contributed by atoms with Gasteiger partial charge in [-0.25, -0.2) is 0 Å². The molecule has 0 aliphatic rings. The van der Waals surface area contributed by atoms with Crippen molar-refractivity contribution in [3.8, 4) is 0 Å². The van der Waals surface area contributed by atoms with Gasteiger partial charge in [-0.1, -0.05) is 6.08 Å². The average Bonchev–Trinajstić information content (AvgIpc) is 1.81. The standard InChI is InChI=1S/C8H17NO/c1-6-7(2)9-10-8(3,4)5/h6,9H,1-5H3/b7-6+. The molecule has 0 rings (SSSR count). The van der Waals surface area contributed by atoms with Crippen molar-refractivity contribution in [3.05, 3.63) is 11.8 Å². The third-order valence-corrected chi connectivity index (χ3v) is 0.951. The minimum absolute atomic E-state index is 0.121. The molecule has 1 N–H and O–H groups in total. The maximum absolute atomic E-state index is 5.26. The molecule has 0 aliphatic carbocycles. The first-order valence-corrected chi connectivity index (χ1v) is 3.52. The fraction of sp³-hybridized carbons (Fsp3) is 0.750. The van der Waals surface area contributed by atoms with Crippen LogP contribution >= 0.6 is 0 Å². The molecule has 0 aromatic rings. The topological polar surface area (TPSA) is 21.3 Å². The van der Waals surface area contributed by atoms with Crippen molar-refractivity contribution < 1.29 is 4.84 Å². The SMILES string of the molecule is C/C=C(\C)NOC(C)(C)C. The van der Waals surface area contributed by atoms with Gasteiger partial charge in [0.1, 0.15) is 0 Å². The van der Waals surface area contributed by atoms with E-state index in [4.69, 9.17) is 4.84 Å². The van der Waals surface area contributed by atoms with E-state index >= 15 is 0 Å². The van der Waals surface area contributed by atoms with Crippen LogP contribution in [0.1, 0.15) is 34.6 Å². The Morgan fingerprint density at radius 2 is 1.90 bits per heavy atom. The number of rotatable bonds is 2. The Morgan fingerprint density at radius 1 is 1.40 bits per heavy atom. The van der Waals surface area contributed by atoms with E-state index in [-0.39, 0.29) is 5.60 Å². The Morgan fingerprint density at radius 3 is 2.20 bits per heavy atom. The normalized spacial score (nSPS) is 13.5. The van der Waals surface area contributed by atoms with Gasteiger partial charge in [0, 0.05) is 5.70 Å². The summed E-state index contributed by atoms with van der Waals surface area (Å²) in [7, 11) is 0. The van der Waals surface area contributed by atoms with Gasteiger partial charge in [0.2, 0.25) is 0 Å². The lowest BCUT2D eigenvalue weighted by atomic mass is 10.2.